The molecule has 188 valence electrons. The molecule has 0 radical (unpaired) electrons. The summed E-state index contributed by atoms with van der Waals surface area (Å²) >= 11 is 4.62. The predicted molar refractivity (Wildman–Crippen MR) is 146 cm³/mol. The predicted octanol–water partition coefficient (Wildman–Crippen LogP) is 5.17. The molecule has 6 nitrogen and oxygen atoms in total. The topological polar surface area (TPSA) is 80.9 Å². The van der Waals surface area contributed by atoms with E-state index in [0.717, 1.165) is 17.5 Å². The summed E-state index contributed by atoms with van der Waals surface area (Å²) in [6, 6.07) is 12.5. The van der Waals surface area contributed by atoms with Gasteiger partial charge >= 0.3 is 5.97 Å². The Morgan fingerprint density at radius 2 is 1.94 bits per heavy atom. The lowest BCUT2D eigenvalue weighted by Crippen LogP contribution is -2.40. The van der Waals surface area contributed by atoms with Crippen molar-refractivity contribution in [1.29, 1.82) is 0 Å². The van der Waals surface area contributed by atoms with E-state index in [9.17, 15) is 14.7 Å². The molecule has 0 unspecified atom stereocenters. The maximum Gasteiger partial charge on any atom is 0.338 e. The van der Waals surface area contributed by atoms with Gasteiger partial charge in [0.2, 0.25) is 0 Å². The Bertz CT molecular complexity index is 1500. The van der Waals surface area contributed by atoms with Crippen LogP contribution in [0.4, 0.5) is 0 Å². The van der Waals surface area contributed by atoms with Gasteiger partial charge < -0.3 is 9.84 Å². The Morgan fingerprint density at radius 1 is 1.22 bits per heavy atom. The first-order valence-electron chi connectivity index (χ1n) is 12.0. The van der Waals surface area contributed by atoms with Crippen molar-refractivity contribution >= 4 is 39.3 Å². The third-order valence-electron chi connectivity index (χ3n) is 6.08. The molecule has 4 rings (SSSR count). The second-order valence-electron chi connectivity index (χ2n) is 8.95. The number of hydrogen-bond donors (Lipinski definition) is 1. The molecule has 2 aromatic carbocycles. The number of aromatic nitrogens is 1. The maximum atomic E-state index is 13.8. The van der Waals surface area contributed by atoms with Crippen LogP contribution in [0.15, 0.2) is 68.0 Å². The zero-order valence-electron chi connectivity index (χ0n) is 20.7. The van der Waals surface area contributed by atoms with Crippen molar-refractivity contribution in [2.24, 2.45) is 4.99 Å². The van der Waals surface area contributed by atoms with Crippen molar-refractivity contribution in [3.8, 4) is 5.75 Å². The van der Waals surface area contributed by atoms with Crippen molar-refractivity contribution < 1.29 is 14.6 Å². The first-order valence-corrected chi connectivity index (χ1v) is 13.7. The fraction of sp³-hybridized carbons (Fsp3) is 0.321. The average Bonchev–Trinajstić information content (AvgIpc) is 3.15. The van der Waals surface area contributed by atoms with Crippen LogP contribution in [0.1, 0.15) is 69.2 Å². The second kappa shape index (κ2) is 11.0. The fourth-order valence-electron chi connectivity index (χ4n) is 4.26. The Kier molecular flexibility index (Phi) is 7.95. The molecule has 0 bridgehead atoms. The minimum Gasteiger partial charge on any atom is -0.507 e. The summed E-state index contributed by atoms with van der Waals surface area (Å²) in [6.07, 6.45) is 3.18. The van der Waals surface area contributed by atoms with Crippen LogP contribution in [0.25, 0.3) is 6.08 Å². The number of hydrogen-bond acceptors (Lipinski definition) is 6. The Hall–Kier alpha value is -2.97. The van der Waals surface area contributed by atoms with Crippen LogP contribution in [0.5, 0.6) is 5.75 Å². The van der Waals surface area contributed by atoms with E-state index < -0.39 is 12.0 Å². The van der Waals surface area contributed by atoms with Crippen molar-refractivity contribution in [2.75, 3.05) is 6.61 Å². The zero-order chi connectivity index (χ0) is 26.0. The normalized spacial score (nSPS) is 15.7. The highest BCUT2D eigenvalue weighted by molar-refractivity contribution is 9.10. The second-order valence-corrected chi connectivity index (χ2v) is 10.8. The van der Waals surface area contributed by atoms with Crippen LogP contribution in [0.2, 0.25) is 0 Å². The van der Waals surface area contributed by atoms with Crippen LogP contribution in [0, 0.1) is 0 Å². The lowest BCUT2D eigenvalue weighted by molar-refractivity contribution is -0.139. The van der Waals surface area contributed by atoms with Crippen LogP contribution < -0.4 is 14.9 Å². The SMILES string of the molecule is CCCC1=C(C(=O)OCC)[C@@H](c2ccc(C(C)C)cc2)n2c(s/c(=C\c3ccc(O)c(Br)c3)c2=O)=N1. The van der Waals surface area contributed by atoms with E-state index in [0.29, 0.717) is 37.4 Å². The smallest absolute Gasteiger partial charge is 0.338 e. The number of aromatic hydroxyl groups is 1. The van der Waals surface area contributed by atoms with E-state index in [1.54, 1.807) is 35.8 Å². The number of esters is 1. The number of rotatable bonds is 7. The van der Waals surface area contributed by atoms with Gasteiger partial charge in [-0.2, -0.15) is 0 Å². The first-order chi connectivity index (χ1) is 17.2. The largest absolute Gasteiger partial charge is 0.507 e. The van der Waals surface area contributed by atoms with Gasteiger partial charge in [-0.25, -0.2) is 9.79 Å². The summed E-state index contributed by atoms with van der Waals surface area (Å²) in [5.74, 6) is 0.0440. The van der Waals surface area contributed by atoms with E-state index in [-0.39, 0.29) is 17.9 Å². The summed E-state index contributed by atoms with van der Waals surface area (Å²) in [6.45, 7) is 8.30. The third-order valence-corrected chi connectivity index (χ3v) is 7.70. The molecule has 1 aromatic heterocycles. The average molecular weight is 570 g/mol. The maximum absolute atomic E-state index is 13.8. The number of phenols is 1. The molecule has 1 aliphatic heterocycles. The Labute approximate surface area is 222 Å². The molecule has 0 amide bonds. The molecule has 8 heteroatoms. The number of allylic oxidation sites excluding steroid dienone is 1. The number of thiazole rings is 1. The molecule has 0 saturated carbocycles. The molecule has 36 heavy (non-hydrogen) atoms. The minimum atomic E-state index is -0.628. The number of phenolic OH excluding ortho intramolecular Hbond substituents is 1. The van der Waals surface area contributed by atoms with Crippen molar-refractivity contribution in [3.63, 3.8) is 0 Å². The van der Waals surface area contributed by atoms with E-state index >= 15 is 0 Å². The summed E-state index contributed by atoms with van der Waals surface area (Å²) in [5, 5.41) is 9.83. The standard InChI is InChI=1S/C28H29BrN2O4S/c1-5-7-21-24(27(34)35-6-2)25(19-11-9-18(10-12-19)16(3)4)31-26(33)23(36-28(31)30-21)15-17-8-13-22(32)20(29)14-17/h8-16,25,32H,5-7H2,1-4H3/b23-15-/t25-/m1/s1. The first kappa shape index (κ1) is 26.1. The molecule has 0 saturated heterocycles. The zero-order valence-corrected chi connectivity index (χ0v) is 23.1. The van der Waals surface area contributed by atoms with Gasteiger partial charge in [0.1, 0.15) is 5.75 Å². The highest BCUT2D eigenvalue weighted by atomic mass is 79.9. The van der Waals surface area contributed by atoms with Gasteiger partial charge in [-0.15, -0.1) is 0 Å². The molecule has 0 spiro atoms. The molecule has 0 fully saturated rings. The summed E-state index contributed by atoms with van der Waals surface area (Å²) in [4.78, 5) is 32.3. The lowest BCUT2D eigenvalue weighted by atomic mass is 9.92. The Morgan fingerprint density at radius 3 is 2.56 bits per heavy atom. The molecule has 1 aliphatic rings. The number of ether oxygens (including phenoxy) is 1. The van der Waals surface area contributed by atoms with Crippen LogP contribution in [-0.2, 0) is 9.53 Å². The van der Waals surface area contributed by atoms with E-state index in [1.807, 2.05) is 31.2 Å². The van der Waals surface area contributed by atoms with Gasteiger partial charge in [-0.05, 0) is 70.1 Å². The summed E-state index contributed by atoms with van der Waals surface area (Å²) in [7, 11) is 0. The van der Waals surface area contributed by atoms with Crippen molar-refractivity contribution in [2.45, 2.75) is 52.5 Å². The monoisotopic (exact) mass is 568 g/mol. The van der Waals surface area contributed by atoms with Crippen LogP contribution in [-0.4, -0.2) is 22.2 Å². The molecular weight excluding hydrogens is 540 g/mol. The molecular formula is C28H29BrN2O4S. The summed E-state index contributed by atoms with van der Waals surface area (Å²) in [5.41, 5.74) is 3.64. The number of carbonyl (C=O) groups excluding carboxylic acids is 1. The summed E-state index contributed by atoms with van der Waals surface area (Å²) < 4.78 is 8.10. The molecule has 2 heterocycles. The number of halogens is 1. The molecule has 1 N–H and O–H groups in total. The number of carbonyl (C=O) groups is 1. The van der Waals surface area contributed by atoms with Gasteiger partial charge in [0.05, 0.1) is 32.9 Å². The minimum absolute atomic E-state index is 0.127. The van der Waals surface area contributed by atoms with E-state index in [1.165, 1.54) is 16.9 Å². The lowest BCUT2D eigenvalue weighted by Gasteiger charge is -2.26. The van der Waals surface area contributed by atoms with Gasteiger partial charge in [0.15, 0.2) is 4.80 Å². The Balaban J connectivity index is 1.97. The molecule has 3 aromatic rings. The van der Waals surface area contributed by atoms with Gasteiger partial charge in [0, 0.05) is 0 Å². The van der Waals surface area contributed by atoms with Gasteiger partial charge in [-0.1, -0.05) is 68.9 Å². The van der Waals surface area contributed by atoms with Crippen molar-refractivity contribution in [3.05, 3.63) is 94.6 Å². The fourth-order valence-corrected chi connectivity index (χ4v) is 5.68. The van der Waals surface area contributed by atoms with Crippen molar-refractivity contribution in [1.82, 2.24) is 4.57 Å². The van der Waals surface area contributed by atoms with Gasteiger partial charge in [0.25, 0.3) is 5.56 Å². The molecule has 0 aliphatic carbocycles. The quantitative estimate of drug-likeness (QED) is 0.399. The number of fused-ring (bicyclic) bond motifs is 1. The van der Waals surface area contributed by atoms with E-state index in [2.05, 4.69) is 29.8 Å². The third kappa shape index (κ3) is 5.11. The number of nitrogens with zero attached hydrogens (tertiary/aromatic N) is 2. The van der Waals surface area contributed by atoms with Crippen LogP contribution >= 0.6 is 27.3 Å². The van der Waals surface area contributed by atoms with Gasteiger partial charge in [-0.3, -0.25) is 9.36 Å². The molecule has 1 atom stereocenters. The van der Waals surface area contributed by atoms with Crippen LogP contribution in [0.3, 0.4) is 0 Å². The highest BCUT2D eigenvalue weighted by Crippen LogP contribution is 2.33. The number of benzene rings is 2. The highest BCUT2D eigenvalue weighted by Gasteiger charge is 2.34. The van der Waals surface area contributed by atoms with E-state index in [4.69, 9.17) is 9.73 Å².